The lowest BCUT2D eigenvalue weighted by atomic mass is 10.0. The number of aliphatic hydroxyl groups is 2. The first-order valence-electron chi connectivity index (χ1n) is 7.72. The molecule has 5 nitrogen and oxygen atoms in total. The standard InChI is InChI=1S/C18H24O5/c1-3-13(11-17(21)18(22)23-4-2)7-5-10-16(20)14-8-6-9-15(19)12-14/h5-6,8-9,12,16-17,19-21H,3-4,10-11H2,1-2H3/t7?,16-,17-/m1/s1. The van der Waals surface area contributed by atoms with Crippen LogP contribution in [0, 0.1) is 0 Å². The van der Waals surface area contributed by atoms with Crippen LogP contribution < -0.4 is 0 Å². The Labute approximate surface area is 136 Å². The molecule has 0 aromatic heterocycles. The van der Waals surface area contributed by atoms with Gasteiger partial charge in [0.1, 0.15) is 5.75 Å². The molecule has 1 aromatic carbocycles. The molecule has 0 unspecified atom stereocenters. The van der Waals surface area contributed by atoms with Crippen molar-refractivity contribution >= 4 is 5.97 Å². The number of phenolic OH excluding ortho intramolecular Hbond substituents is 1. The van der Waals surface area contributed by atoms with E-state index in [2.05, 4.69) is 5.73 Å². The normalized spacial score (nSPS) is 12.9. The van der Waals surface area contributed by atoms with Crippen LogP contribution in [-0.4, -0.2) is 34.0 Å². The highest BCUT2D eigenvalue weighted by Gasteiger charge is 2.17. The van der Waals surface area contributed by atoms with Crippen LogP contribution in [0.2, 0.25) is 0 Å². The molecule has 0 aliphatic heterocycles. The van der Waals surface area contributed by atoms with Crippen LogP contribution in [-0.2, 0) is 9.53 Å². The molecule has 0 saturated heterocycles. The number of carbonyl (C=O) groups is 1. The van der Waals surface area contributed by atoms with Gasteiger partial charge in [-0.2, -0.15) is 0 Å². The molecular weight excluding hydrogens is 296 g/mol. The Morgan fingerprint density at radius 3 is 2.70 bits per heavy atom. The smallest absolute Gasteiger partial charge is 0.335 e. The second-order valence-corrected chi connectivity index (χ2v) is 5.12. The molecule has 126 valence electrons. The van der Waals surface area contributed by atoms with Gasteiger partial charge in [0.2, 0.25) is 0 Å². The molecule has 0 spiro atoms. The summed E-state index contributed by atoms with van der Waals surface area (Å²) >= 11 is 0. The Balaban J connectivity index is 2.66. The Morgan fingerprint density at radius 1 is 1.35 bits per heavy atom. The highest BCUT2D eigenvalue weighted by molar-refractivity contribution is 5.74. The van der Waals surface area contributed by atoms with Crippen molar-refractivity contribution in [1.29, 1.82) is 0 Å². The first-order chi connectivity index (χ1) is 11.0. The van der Waals surface area contributed by atoms with E-state index < -0.39 is 18.2 Å². The molecular formula is C18H24O5. The van der Waals surface area contributed by atoms with Crippen LogP contribution in [0.4, 0.5) is 0 Å². The fourth-order valence-electron chi connectivity index (χ4n) is 2.04. The van der Waals surface area contributed by atoms with Gasteiger partial charge < -0.3 is 20.1 Å². The lowest BCUT2D eigenvalue weighted by Crippen LogP contribution is -2.23. The van der Waals surface area contributed by atoms with Crippen molar-refractivity contribution in [3.8, 4) is 5.75 Å². The fraction of sp³-hybridized carbons (Fsp3) is 0.444. The van der Waals surface area contributed by atoms with E-state index in [1.54, 1.807) is 25.1 Å². The summed E-state index contributed by atoms with van der Waals surface area (Å²) in [6.45, 7) is 3.82. The predicted molar refractivity (Wildman–Crippen MR) is 86.8 cm³/mol. The lowest BCUT2D eigenvalue weighted by molar-refractivity contribution is -0.152. The average Bonchev–Trinajstić information content (AvgIpc) is 2.53. The van der Waals surface area contributed by atoms with E-state index in [1.807, 2.05) is 6.92 Å². The molecule has 0 heterocycles. The van der Waals surface area contributed by atoms with Crippen molar-refractivity contribution in [3.05, 3.63) is 47.2 Å². The number of hydrogen-bond donors (Lipinski definition) is 3. The third-order valence-corrected chi connectivity index (χ3v) is 3.33. The largest absolute Gasteiger partial charge is 0.508 e. The maximum atomic E-state index is 11.4. The summed E-state index contributed by atoms with van der Waals surface area (Å²) in [5.41, 5.74) is 4.40. The van der Waals surface area contributed by atoms with E-state index >= 15 is 0 Å². The zero-order valence-corrected chi connectivity index (χ0v) is 13.5. The number of hydrogen-bond acceptors (Lipinski definition) is 5. The van der Waals surface area contributed by atoms with Crippen LogP contribution >= 0.6 is 0 Å². The lowest BCUT2D eigenvalue weighted by Gasteiger charge is -2.10. The minimum absolute atomic E-state index is 0.105. The Kier molecular flexibility index (Phi) is 8.13. The van der Waals surface area contributed by atoms with Crippen molar-refractivity contribution < 1.29 is 24.9 Å². The van der Waals surface area contributed by atoms with Crippen LogP contribution in [0.1, 0.15) is 44.8 Å². The van der Waals surface area contributed by atoms with Crippen molar-refractivity contribution in [2.24, 2.45) is 0 Å². The predicted octanol–water partition coefficient (Wildman–Crippen LogP) is 2.62. The van der Waals surface area contributed by atoms with Crippen LogP contribution in [0.3, 0.4) is 0 Å². The molecule has 23 heavy (non-hydrogen) atoms. The van der Waals surface area contributed by atoms with Gasteiger partial charge in [-0.15, -0.1) is 5.73 Å². The Bertz CT molecular complexity index is 573. The Hall–Kier alpha value is -2.07. The van der Waals surface area contributed by atoms with Crippen molar-refractivity contribution in [1.82, 2.24) is 0 Å². The number of rotatable bonds is 8. The molecule has 1 aromatic rings. The van der Waals surface area contributed by atoms with E-state index in [-0.39, 0.29) is 18.8 Å². The minimum Gasteiger partial charge on any atom is -0.508 e. The summed E-state index contributed by atoms with van der Waals surface area (Å²) in [4.78, 5) is 11.4. The highest BCUT2D eigenvalue weighted by atomic mass is 16.5. The van der Waals surface area contributed by atoms with E-state index in [1.165, 1.54) is 12.1 Å². The quantitative estimate of drug-likeness (QED) is 0.506. The van der Waals surface area contributed by atoms with Gasteiger partial charge in [-0.25, -0.2) is 4.79 Å². The number of phenols is 1. The van der Waals surface area contributed by atoms with E-state index in [0.29, 0.717) is 18.4 Å². The summed E-state index contributed by atoms with van der Waals surface area (Å²) in [7, 11) is 0. The molecule has 1 rings (SSSR count). The summed E-state index contributed by atoms with van der Waals surface area (Å²) < 4.78 is 4.76. The fourth-order valence-corrected chi connectivity index (χ4v) is 2.04. The number of benzene rings is 1. The Morgan fingerprint density at radius 2 is 2.09 bits per heavy atom. The van der Waals surface area contributed by atoms with Gasteiger partial charge in [-0.05, 0) is 42.7 Å². The highest BCUT2D eigenvalue weighted by Crippen LogP contribution is 2.21. The first-order valence-corrected chi connectivity index (χ1v) is 7.72. The van der Waals surface area contributed by atoms with Crippen molar-refractivity contribution in [2.45, 2.75) is 45.3 Å². The number of esters is 1. The summed E-state index contributed by atoms with van der Waals surface area (Å²) in [6, 6.07) is 6.44. The molecule has 0 fully saturated rings. The monoisotopic (exact) mass is 320 g/mol. The molecule has 2 atom stereocenters. The van der Waals surface area contributed by atoms with Gasteiger partial charge >= 0.3 is 5.97 Å². The van der Waals surface area contributed by atoms with Crippen LogP contribution in [0.25, 0.3) is 0 Å². The number of aromatic hydroxyl groups is 1. The molecule has 0 radical (unpaired) electrons. The molecule has 0 aliphatic rings. The van der Waals surface area contributed by atoms with Gasteiger partial charge in [0, 0.05) is 12.8 Å². The maximum Gasteiger partial charge on any atom is 0.335 e. The van der Waals surface area contributed by atoms with Crippen LogP contribution in [0.5, 0.6) is 5.75 Å². The summed E-state index contributed by atoms with van der Waals surface area (Å²) in [5.74, 6) is -0.534. The number of carbonyl (C=O) groups excluding carboxylic acids is 1. The van der Waals surface area contributed by atoms with E-state index in [0.717, 1.165) is 5.57 Å². The number of aliphatic hydroxyl groups excluding tert-OH is 2. The van der Waals surface area contributed by atoms with Gasteiger partial charge in [-0.3, -0.25) is 0 Å². The van der Waals surface area contributed by atoms with Crippen molar-refractivity contribution in [2.75, 3.05) is 6.61 Å². The van der Waals surface area contributed by atoms with Gasteiger partial charge in [-0.1, -0.05) is 19.1 Å². The molecule has 0 saturated carbocycles. The average molecular weight is 320 g/mol. The van der Waals surface area contributed by atoms with Gasteiger partial charge in [0.15, 0.2) is 6.10 Å². The zero-order chi connectivity index (χ0) is 17.2. The minimum atomic E-state index is -1.19. The summed E-state index contributed by atoms with van der Waals surface area (Å²) in [6.07, 6.45) is 0.849. The number of ether oxygens (including phenoxy) is 1. The third kappa shape index (κ3) is 6.70. The van der Waals surface area contributed by atoms with Gasteiger partial charge in [0.05, 0.1) is 12.7 Å². The zero-order valence-electron chi connectivity index (χ0n) is 13.5. The topological polar surface area (TPSA) is 87.0 Å². The first kappa shape index (κ1) is 19.0. The second kappa shape index (κ2) is 9.85. The molecule has 5 heteroatoms. The second-order valence-electron chi connectivity index (χ2n) is 5.12. The summed E-state index contributed by atoms with van der Waals surface area (Å²) in [5, 5.41) is 29.2. The van der Waals surface area contributed by atoms with Gasteiger partial charge in [0.25, 0.3) is 0 Å². The molecule has 0 aliphatic carbocycles. The molecule has 0 bridgehead atoms. The van der Waals surface area contributed by atoms with E-state index in [4.69, 9.17) is 4.74 Å². The molecule has 0 amide bonds. The third-order valence-electron chi connectivity index (χ3n) is 3.33. The van der Waals surface area contributed by atoms with Crippen molar-refractivity contribution in [3.63, 3.8) is 0 Å². The van der Waals surface area contributed by atoms with Crippen LogP contribution in [0.15, 0.2) is 41.6 Å². The maximum absolute atomic E-state index is 11.4. The van der Waals surface area contributed by atoms with E-state index in [9.17, 15) is 20.1 Å². The SMILES string of the molecule is CCOC(=O)[C@H](O)CC(=C=CC[C@@H](O)c1cccc(O)c1)CC. The molecule has 3 N–H and O–H groups in total.